The lowest BCUT2D eigenvalue weighted by atomic mass is 10.1. The summed E-state index contributed by atoms with van der Waals surface area (Å²) in [6.07, 6.45) is 1.10. The summed E-state index contributed by atoms with van der Waals surface area (Å²) in [5.74, 6) is 0.547. The van der Waals surface area contributed by atoms with Gasteiger partial charge in [0.25, 0.3) is 5.56 Å². The summed E-state index contributed by atoms with van der Waals surface area (Å²) in [4.78, 5) is 12.2. The van der Waals surface area contributed by atoms with Crippen LogP contribution in [-0.4, -0.2) is 36.5 Å². The van der Waals surface area contributed by atoms with Gasteiger partial charge in [-0.3, -0.25) is 4.79 Å². The molecule has 26 heavy (non-hydrogen) atoms. The SMILES string of the molecule is Cc1cccc(S(=O)(=O)N2CCC(Oc3cc(C)n(C)c(=O)c3)CC2)c1. The molecule has 1 aromatic heterocycles. The Morgan fingerprint density at radius 3 is 2.38 bits per heavy atom. The molecule has 0 spiro atoms. The largest absolute Gasteiger partial charge is 0.490 e. The minimum absolute atomic E-state index is 0.0922. The van der Waals surface area contributed by atoms with Gasteiger partial charge in [-0.25, -0.2) is 8.42 Å². The molecule has 3 rings (SSSR count). The molecule has 0 N–H and O–H groups in total. The lowest BCUT2D eigenvalue weighted by Crippen LogP contribution is -2.41. The van der Waals surface area contributed by atoms with E-state index in [1.54, 1.807) is 29.8 Å². The Hall–Kier alpha value is -2.12. The number of benzene rings is 1. The van der Waals surface area contributed by atoms with Gasteiger partial charge in [0.05, 0.1) is 4.90 Å². The van der Waals surface area contributed by atoms with Crippen LogP contribution in [0.3, 0.4) is 0 Å². The number of pyridine rings is 1. The fourth-order valence-electron chi connectivity index (χ4n) is 3.11. The van der Waals surface area contributed by atoms with E-state index >= 15 is 0 Å². The quantitative estimate of drug-likeness (QED) is 0.821. The second kappa shape index (κ2) is 7.25. The predicted molar refractivity (Wildman–Crippen MR) is 100 cm³/mol. The number of nitrogens with zero attached hydrogens (tertiary/aromatic N) is 2. The minimum Gasteiger partial charge on any atom is -0.490 e. The first-order valence-electron chi connectivity index (χ1n) is 8.68. The van der Waals surface area contributed by atoms with Crippen LogP contribution in [0.4, 0.5) is 0 Å². The number of hydrogen-bond donors (Lipinski definition) is 0. The maximum absolute atomic E-state index is 12.8. The van der Waals surface area contributed by atoms with Crippen LogP contribution in [0.1, 0.15) is 24.1 Å². The minimum atomic E-state index is -3.48. The van der Waals surface area contributed by atoms with Crippen LogP contribution in [-0.2, 0) is 17.1 Å². The van der Waals surface area contributed by atoms with Crippen molar-refractivity contribution in [2.24, 2.45) is 7.05 Å². The third-order valence-electron chi connectivity index (χ3n) is 4.81. The average molecular weight is 376 g/mol. The first-order chi connectivity index (χ1) is 12.3. The Morgan fingerprint density at radius 2 is 1.77 bits per heavy atom. The molecule has 0 amide bonds. The van der Waals surface area contributed by atoms with Gasteiger partial charge in [-0.2, -0.15) is 4.31 Å². The summed E-state index contributed by atoms with van der Waals surface area (Å²) in [6, 6.07) is 10.3. The first kappa shape index (κ1) is 18.7. The van der Waals surface area contributed by atoms with Crippen LogP contribution < -0.4 is 10.3 Å². The molecule has 7 heteroatoms. The average Bonchev–Trinajstić information content (AvgIpc) is 2.60. The number of sulfonamides is 1. The lowest BCUT2D eigenvalue weighted by Gasteiger charge is -2.31. The molecule has 1 saturated heterocycles. The van der Waals surface area contributed by atoms with Crippen molar-refractivity contribution < 1.29 is 13.2 Å². The van der Waals surface area contributed by atoms with Crippen LogP contribution >= 0.6 is 0 Å². The molecule has 0 atom stereocenters. The zero-order valence-electron chi connectivity index (χ0n) is 15.3. The summed E-state index contributed by atoms with van der Waals surface area (Å²) in [7, 11) is -1.76. The van der Waals surface area contributed by atoms with Crippen LogP contribution in [0.25, 0.3) is 0 Å². The highest BCUT2D eigenvalue weighted by molar-refractivity contribution is 7.89. The summed E-state index contributed by atoms with van der Waals surface area (Å²) < 4.78 is 34.5. The molecule has 1 aliphatic rings. The smallest absolute Gasteiger partial charge is 0.254 e. The maximum Gasteiger partial charge on any atom is 0.254 e. The second-order valence-electron chi connectivity index (χ2n) is 6.77. The van der Waals surface area contributed by atoms with Gasteiger partial charge in [-0.15, -0.1) is 0 Å². The third kappa shape index (κ3) is 3.83. The van der Waals surface area contributed by atoms with E-state index in [0.717, 1.165) is 11.3 Å². The Labute approximate surface area is 154 Å². The molecule has 1 aromatic carbocycles. The Bertz CT molecular complexity index is 958. The molecule has 0 radical (unpaired) electrons. The Kier molecular flexibility index (Phi) is 5.20. The fourth-order valence-corrected chi connectivity index (χ4v) is 4.69. The Balaban J connectivity index is 1.67. The summed E-state index contributed by atoms with van der Waals surface area (Å²) in [5.41, 5.74) is 1.64. The van der Waals surface area contributed by atoms with Crippen molar-refractivity contribution in [2.75, 3.05) is 13.1 Å². The molecule has 1 aliphatic heterocycles. The second-order valence-corrected chi connectivity index (χ2v) is 8.71. The van der Waals surface area contributed by atoms with E-state index < -0.39 is 10.0 Å². The van der Waals surface area contributed by atoms with Gasteiger partial charge in [0.15, 0.2) is 0 Å². The molecule has 2 heterocycles. The highest BCUT2D eigenvalue weighted by Gasteiger charge is 2.30. The van der Waals surface area contributed by atoms with Crippen molar-refractivity contribution in [2.45, 2.75) is 37.7 Å². The van der Waals surface area contributed by atoms with Crippen molar-refractivity contribution in [3.8, 4) is 5.75 Å². The third-order valence-corrected chi connectivity index (χ3v) is 6.70. The van der Waals surface area contributed by atoms with E-state index in [0.29, 0.717) is 36.6 Å². The molecule has 140 valence electrons. The van der Waals surface area contributed by atoms with Crippen molar-refractivity contribution in [1.82, 2.24) is 8.87 Å². The highest BCUT2D eigenvalue weighted by atomic mass is 32.2. The van der Waals surface area contributed by atoms with Gasteiger partial charge in [-0.1, -0.05) is 12.1 Å². The fraction of sp³-hybridized carbons (Fsp3) is 0.421. The van der Waals surface area contributed by atoms with Crippen LogP contribution in [0.2, 0.25) is 0 Å². The van der Waals surface area contributed by atoms with Crippen molar-refractivity contribution >= 4 is 10.0 Å². The van der Waals surface area contributed by atoms with Crippen molar-refractivity contribution in [3.63, 3.8) is 0 Å². The van der Waals surface area contributed by atoms with Gasteiger partial charge >= 0.3 is 0 Å². The zero-order chi connectivity index (χ0) is 18.9. The number of hydrogen-bond acceptors (Lipinski definition) is 4. The molecule has 6 nitrogen and oxygen atoms in total. The van der Waals surface area contributed by atoms with Gasteiger partial charge in [0.2, 0.25) is 10.0 Å². The molecule has 1 fully saturated rings. The maximum atomic E-state index is 12.8. The van der Waals surface area contributed by atoms with Gasteiger partial charge in [-0.05, 0) is 50.5 Å². The number of ether oxygens (including phenoxy) is 1. The Morgan fingerprint density at radius 1 is 1.08 bits per heavy atom. The summed E-state index contributed by atoms with van der Waals surface area (Å²) >= 11 is 0. The van der Waals surface area contributed by atoms with E-state index in [1.807, 2.05) is 26.0 Å². The van der Waals surface area contributed by atoms with E-state index in [-0.39, 0.29) is 11.7 Å². The number of piperidine rings is 1. The van der Waals surface area contributed by atoms with E-state index in [1.165, 1.54) is 10.4 Å². The van der Waals surface area contributed by atoms with Gasteiger partial charge < -0.3 is 9.30 Å². The number of aryl methyl sites for hydroxylation is 2. The van der Waals surface area contributed by atoms with Gasteiger partial charge in [0, 0.05) is 31.9 Å². The van der Waals surface area contributed by atoms with E-state index in [2.05, 4.69) is 0 Å². The molecule has 0 saturated carbocycles. The summed E-state index contributed by atoms with van der Waals surface area (Å²) in [5, 5.41) is 0. The molecule has 2 aromatic rings. The van der Waals surface area contributed by atoms with Crippen molar-refractivity contribution in [3.05, 3.63) is 58.0 Å². The highest BCUT2D eigenvalue weighted by Crippen LogP contribution is 2.24. The molecule has 0 aliphatic carbocycles. The number of aromatic nitrogens is 1. The van der Waals surface area contributed by atoms with Crippen LogP contribution in [0.5, 0.6) is 5.75 Å². The van der Waals surface area contributed by atoms with Crippen molar-refractivity contribution in [1.29, 1.82) is 0 Å². The predicted octanol–water partition coefficient (Wildman–Crippen LogP) is 2.23. The standard InChI is InChI=1S/C19H24N2O4S/c1-14-5-4-6-18(11-14)26(23,24)21-9-7-16(8-10-21)25-17-12-15(2)20(3)19(22)13-17/h4-6,11-13,16H,7-10H2,1-3H3. The monoisotopic (exact) mass is 376 g/mol. The van der Waals surface area contributed by atoms with E-state index in [9.17, 15) is 13.2 Å². The summed E-state index contributed by atoms with van der Waals surface area (Å²) in [6.45, 7) is 4.55. The normalized spacial score (nSPS) is 16.6. The first-order valence-corrected chi connectivity index (χ1v) is 10.1. The zero-order valence-corrected chi connectivity index (χ0v) is 16.1. The molecular weight excluding hydrogens is 352 g/mol. The molecular formula is C19H24N2O4S. The van der Waals surface area contributed by atoms with Gasteiger partial charge in [0.1, 0.15) is 11.9 Å². The van der Waals surface area contributed by atoms with Crippen LogP contribution in [0, 0.1) is 13.8 Å². The van der Waals surface area contributed by atoms with E-state index in [4.69, 9.17) is 4.74 Å². The lowest BCUT2D eigenvalue weighted by molar-refractivity contribution is 0.134. The molecule has 0 unspecified atom stereocenters. The topological polar surface area (TPSA) is 68.6 Å². The van der Waals surface area contributed by atoms with Crippen LogP contribution in [0.15, 0.2) is 46.1 Å². The molecule has 0 bridgehead atoms. The number of rotatable bonds is 4.